The summed E-state index contributed by atoms with van der Waals surface area (Å²) < 4.78 is 2.40. The van der Waals surface area contributed by atoms with Gasteiger partial charge in [0, 0.05) is 10.8 Å². The minimum atomic E-state index is -0.114. The highest BCUT2D eigenvalue weighted by Gasteiger charge is 2.23. The van der Waals surface area contributed by atoms with Gasteiger partial charge in [0.05, 0.1) is 17.1 Å². The lowest BCUT2D eigenvalue weighted by Gasteiger charge is -2.31. The maximum atomic E-state index is 3.89. The molecule has 2 atom stereocenters. The van der Waals surface area contributed by atoms with Gasteiger partial charge in [-0.2, -0.15) is 0 Å². The Labute approximate surface area is 251 Å². The zero-order valence-corrected chi connectivity index (χ0v) is 23.7. The average molecular weight is 554 g/mol. The molecule has 206 valence electrons. The number of hydrogen-bond donors (Lipinski definition) is 2. The zero-order chi connectivity index (χ0) is 28.6. The van der Waals surface area contributed by atoms with Crippen LogP contribution in [0.2, 0.25) is 0 Å². The van der Waals surface area contributed by atoms with E-state index in [4.69, 9.17) is 0 Å². The molecule has 2 unspecified atom stereocenters. The number of aromatic nitrogens is 1. The fraction of sp³-hybridized carbons (Fsp3) is 0.0500. The Balaban J connectivity index is 1.13. The van der Waals surface area contributed by atoms with Crippen LogP contribution in [0.25, 0.3) is 55.2 Å². The van der Waals surface area contributed by atoms with Crippen molar-refractivity contribution in [3.63, 3.8) is 0 Å². The standard InChI is InChI=1S/C40H31N3/c1-3-10-28(11-4-1)30-18-20-31(21-19-30)32-14-9-15-34(26-32)37-24-25-41-40(42-37)43-38-17-8-7-16-35(38)36-23-22-33(27-39(36)43)29-12-5-2-6-13-29/h1-27,37,40-42H. The van der Waals surface area contributed by atoms with E-state index in [2.05, 4.69) is 179 Å². The van der Waals surface area contributed by atoms with Gasteiger partial charge in [0.25, 0.3) is 0 Å². The molecule has 1 aromatic heterocycles. The summed E-state index contributed by atoms with van der Waals surface area (Å²) in [4.78, 5) is 0. The summed E-state index contributed by atoms with van der Waals surface area (Å²) in [5.41, 5.74) is 11.0. The van der Waals surface area contributed by atoms with Gasteiger partial charge >= 0.3 is 0 Å². The first kappa shape index (κ1) is 25.3. The van der Waals surface area contributed by atoms with Crippen LogP contribution in [0.3, 0.4) is 0 Å². The SMILES string of the molecule is C1=CC(c2cccc(-c3ccc(-c4ccccc4)cc3)c2)NC(n2c3ccccc3c3ccc(-c4ccccc4)cc32)N1. The smallest absolute Gasteiger partial charge is 0.160 e. The number of nitrogens with zero attached hydrogens (tertiary/aromatic N) is 1. The minimum absolute atomic E-state index is 0.0586. The van der Waals surface area contributed by atoms with Crippen molar-refractivity contribution in [2.75, 3.05) is 0 Å². The summed E-state index contributed by atoms with van der Waals surface area (Å²) in [7, 11) is 0. The van der Waals surface area contributed by atoms with Gasteiger partial charge in [-0.3, -0.25) is 5.32 Å². The average Bonchev–Trinajstić information content (AvgIpc) is 3.43. The molecular weight excluding hydrogens is 522 g/mol. The second-order valence-electron chi connectivity index (χ2n) is 11.1. The lowest BCUT2D eigenvalue weighted by molar-refractivity contribution is 0.342. The van der Waals surface area contributed by atoms with Crippen LogP contribution in [0, 0.1) is 0 Å². The molecule has 0 spiro atoms. The molecule has 43 heavy (non-hydrogen) atoms. The molecule has 0 amide bonds. The summed E-state index contributed by atoms with van der Waals surface area (Å²) in [6.07, 6.45) is 4.18. The Kier molecular flexibility index (Phi) is 6.36. The zero-order valence-electron chi connectivity index (χ0n) is 23.7. The number of para-hydroxylation sites is 1. The maximum absolute atomic E-state index is 3.89. The summed E-state index contributed by atoms with van der Waals surface area (Å²) in [6, 6.07) is 54.4. The molecule has 0 radical (unpaired) electrons. The van der Waals surface area contributed by atoms with Crippen LogP contribution in [0.4, 0.5) is 0 Å². The van der Waals surface area contributed by atoms with Crippen molar-refractivity contribution in [1.82, 2.24) is 15.2 Å². The van der Waals surface area contributed by atoms with Gasteiger partial charge in [0.1, 0.15) is 0 Å². The predicted molar refractivity (Wildman–Crippen MR) is 179 cm³/mol. The first-order chi connectivity index (χ1) is 21.3. The largest absolute Gasteiger partial charge is 0.359 e. The normalized spacial score (nSPS) is 16.4. The van der Waals surface area contributed by atoms with Crippen molar-refractivity contribution in [2.45, 2.75) is 12.3 Å². The Morgan fingerprint density at radius 3 is 1.77 bits per heavy atom. The van der Waals surface area contributed by atoms with Crippen molar-refractivity contribution >= 4 is 21.8 Å². The van der Waals surface area contributed by atoms with Crippen molar-refractivity contribution in [3.05, 3.63) is 169 Å². The van der Waals surface area contributed by atoms with Gasteiger partial charge in [0.15, 0.2) is 6.29 Å². The fourth-order valence-electron chi connectivity index (χ4n) is 6.36. The van der Waals surface area contributed by atoms with E-state index in [-0.39, 0.29) is 12.3 Å². The van der Waals surface area contributed by atoms with E-state index in [0.29, 0.717) is 0 Å². The van der Waals surface area contributed by atoms with Gasteiger partial charge in [-0.1, -0.05) is 133 Å². The van der Waals surface area contributed by atoms with Gasteiger partial charge in [-0.25, -0.2) is 0 Å². The van der Waals surface area contributed by atoms with Crippen LogP contribution < -0.4 is 10.6 Å². The summed E-state index contributed by atoms with van der Waals surface area (Å²) >= 11 is 0. The van der Waals surface area contributed by atoms with E-state index < -0.39 is 0 Å². The molecule has 0 saturated carbocycles. The third-order valence-corrected chi connectivity index (χ3v) is 8.53. The molecule has 7 aromatic rings. The fourth-order valence-corrected chi connectivity index (χ4v) is 6.36. The number of benzene rings is 6. The van der Waals surface area contributed by atoms with Crippen molar-refractivity contribution in [1.29, 1.82) is 0 Å². The number of hydrogen-bond acceptors (Lipinski definition) is 2. The molecule has 2 N–H and O–H groups in total. The van der Waals surface area contributed by atoms with Crippen LogP contribution in [0.5, 0.6) is 0 Å². The second-order valence-corrected chi connectivity index (χ2v) is 11.1. The van der Waals surface area contributed by atoms with E-state index in [1.807, 2.05) is 0 Å². The molecular formula is C40H31N3. The first-order valence-electron chi connectivity index (χ1n) is 14.8. The topological polar surface area (TPSA) is 29.0 Å². The van der Waals surface area contributed by atoms with Gasteiger partial charge in [0.2, 0.25) is 0 Å². The molecule has 1 aliphatic heterocycles. The second kappa shape index (κ2) is 10.8. The van der Waals surface area contributed by atoms with Crippen LogP contribution in [0.15, 0.2) is 164 Å². The number of nitrogens with one attached hydrogen (secondary N) is 2. The third kappa shape index (κ3) is 4.70. The van der Waals surface area contributed by atoms with E-state index >= 15 is 0 Å². The highest BCUT2D eigenvalue weighted by atomic mass is 15.3. The van der Waals surface area contributed by atoms with Gasteiger partial charge in [-0.05, 0) is 69.4 Å². The predicted octanol–water partition coefficient (Wildman–Crippen LogP) is 9.70. The molecule has 2 heterocycles. The van der Waals surface area contributed by atoms with Crippen LogP contribution >= 0.6 is 0 Å². The molecule has 6 aromatic carbocycles. The number of fused-ring (bicyclic) bond motifs is 3. The monoisotopic (exact) mass is 553 g/mol. The third-order valence-electron chi connectivity index (χ3n) is 8.53. The summed E-state index contributed by atoms with van der Waals surface area (Å²) in [5, 5.41) is 10.0. The van der Waals surface area contributed by atoms with Crippen molar-refractivity contribution in [3.8, 4) is 33.4 Å². The molecule has 0 fully saturated rings. The quantitative estimate of drug-likeness (QED) is 0.222. The van der Waals surface area contributed by atoms with E-state index in [1.165, 1.54) is 60.8 Å². The molecule has 0 bridgehead atoms. The summed E-state index contributed by atoms with van der Waals surface area (Å²) in [5.74, 6) is 0. The Morgan fingerprint density at radius 1 is 0.442 bits per heavy atom. The first-order valence-corrected chi connectivity index (χ1v) is 14.8. The lowest BCUT2D eigenvalue weighted by Crippen LogP contribution is -2.40. The minimum Gasteiger partial charge on any atom is -0.359 e. The van der Waals surface area contributed by atoms with Gasteiger partial charge in [-0.15, -0.1) is 0 Å². The van der Waals surface area contributed by atoms with Crippen LogP contribution in [0.1, 0.15) is 17.9 Å². The van der Waals surface area contributed by atoms with Crippen molar-refractivity contribution < 1.29 is 0 Å². The Morgan fingerprint density at radius 2 is 1.00 bits per heavy atom. The molecule has 3 heteroatoms. The molecule has 8 rings (SSSR count). The van der Waals surface area contributed by atoms with E-state index in [1.54, 1.807) is 0 Å². The Hall–Kier alpha value is -5.38. The Bertz CT molecular complexity index is 2070. The van der Waals surface area contributed by atoms with Gasteiger partial charge < -0.3 is 9.88 Å². The lowest BCUT2D eigenvalue weighted by atomic mass is 9.97. The van der Waals surface area contributed by atoms with Crippen LogP contribution in [-0.2, 0) is 0 Å². The summed E-state index contributed by atoms with van der Waals surface area (Å²) in [6.45, 7) is 0. The highest BCUT2D eigenvalue weighted by molar-refractivity contribution is 6.09. The highest BCUT2D eigenvalue weighted by Crippen LogP contribution is 2.35. The molecule has 3 nitrogen and oxygen atoms in total. The van der Waals surface area contributed by atoms with Crippen LogP contribution in [-0.4, -0.2) is 4.57 Å². The number of rotatable bonds is 5. The van der Waals surface area contributed by atoms with Crippen molar-refractivity contribution in [2.24, 2.45) is 0 Å². The maximum Gasteiger partial charge on any atom is 0.160 e. The molecule has 0 aliphatic carbocycles. The molecule has 1 aliphatic rings. The van der Waals surface area contributed by atoms with E-state index in [9.17, 15) is 0 Å². The van der Waals surface area contributed by atoms with E-state index in [0.717, 1.165) is 0 Å². The molecule has 0 saturated heterocycles.